The summed E-state index contributed by atoms with van der Waals surface area (Å²) in [4.78, 5) is 13.5. The third kappa shape index (κ3) is 4.16. The van der Waals surface area contributed by atoms with E-state index in [2.05, 4.69) is 4.90 Å². The molecule has 2 aromatic rings. The maximum Gasteiger partial charge on any atom is 0.371 e. The molecule has 1 aliphatic heterocycles. The SMILES string of the molecule is COCCC1CCCCN(Cc2ccc3oc(C(=O)O)cc3c2)C1. The Morgan fingerprint density at radius 3 is 3.04 bits per heavy atom. The Bertz CT molecular complexity index is 694. The number of hydrogen-bond acceptors (Lipinski definition) is 4. The Morgan fingerprint density at radius 1 is 1.38 bits per heavy atom. The normalized spacial score (nSPS) is 19.5. The fourth-order valence-electron chi connectivity index (χ4n) is 3.53. The molecule has 1 aromatic heterocycles. The molecule has 0 amide bonds. The van der Waals surface area contributed by atoms with Crippen LogP contribution in [-0.2, 0) is 11.3 Å². The summed E-state index contributed by atoms with van der Waals surface area (Å²) in [6.07, 6.45) is 4.92. The van der Waals surface area contributed by atoms with E-state index in [1.54, 1.807) is 13.2 Å². The van der Waals surface area contributed by atoms with Crippen LogP contribution >= 0.6 is 0 Å². The monoisotopic (exact) mass is 331 g/mol. The smallest absolute Gasteiger partial charge is 0.371 e. The van der Waals surface area contributed by atoms with Crippen molar-refractivity contribution in [3.05, 3.63) is 35.6 Å². The van der Waals surface area contributed by atoms with Crippen molar-refractivity contribution in [3.63, 3.8) is 0 Å². The number of methoxy groups -OCH3 is 1. The van der Waals surface area contributed by atoms with Crippen molar-refractivity contribution in [2.45, 2.75) is 32.2 Å². The first-order valence-electron chi connectivity index (χ1n) is 8.63. The maximum atomic E-state index is 11.0. The Kier molecular flexibility index (Phi) is 5.53. The molecule has 1 aliphatic rings. The van der Waals surface area contributed by atoms with Crippen LogP contribution in [0.5, 0.6) is 0 Å². The molecule has 24 heavy (non-hydrogen) atoms. The molecule has 1 atom stereocenters. The number of furan rings is 1. The number of carboxylic acids is 1. The van der Waals surface area contributed by atoms with Crippen LogP contribution in [0.3, 0.4) is 0 Å². The van der Waals surface area contributed by atoms with Crippen molar-refractivity contribution >= 4 is 16.9 Å². The molecular weight excluding hydrogens is 306 g/mol. The molecule has 5 nitrogen and oxygen atoms in total. The first-order chi connectivity index (χ1) is 11.7. The average molecular weight is 331 g/mol. The molecule has 1 saturated heterocycles. The summed E-state index contributed by atoms with van der Waals surface area (Å²) >= 11 is 0. The topological polar surface area (TPSA) is 62.9 Å². The number of fused-ring (bicyclic) bond motifs is 1. The van der Waals surface area contributed by atoms with E-state index < -0.39 is 5.97 Å². The maximum absolute atomic E-state index is 11.0. The number of likely N-dealkylation sites (tertiary alicyclic amines) is 1. The molecule has 0 radical (unpaired) electrons. The van der Waals surface area contributed by atoms with Crippen molar-refractivity contribution in [3.8, 4) is 0 Å². The van der Waals surface area contributed by atoms with Gasteiger partial charge in [0.25, 0.3) is 0 Å². The lowest BCUT2D eigenvalue weighted by Crippen LogP contribution is -2.28. The zero-order valence-corrected chi connectivity index (χ0v) is 14.2. The lowest BCUT2D eigenvalue weighted by atomic mass is 10.00. The second kappa shape index (κ2) is 7.81. The minimum Gasteiger partial charge on any atom is -0.475 e. The van der Waals surface area contributed by atoms with Crippen LogP contribution in [0.25, 0.3) is 11.0 Å². The van der Waals surface area contributed by atoms with Gasteiger partial charge in [0.05, 0.1) is 0 Å². The van der Waals surface area contributed by atoms with Gasteiger partial charge in [0.1, 0.15) is 5.58 Å². The van der Waals surface area contributed by atoms with Crippen molar-refractivity contribution in [1.82, 2.24) is 4.90 Å². The Morgan fingerprint density at radius 2 is 2.25 bits per heavy atom. The predicted molar refractivity (Wildman–Crippen MR) is 92.3 cm³/mol. The van der Waals surface area contributed by atoms with Gasteiger partial charge in [-0.3, -0.25) is 4.90 Å². The van der Waals surface area contributed by atoms with Gasteiger partial charge in [0, 0.05) is 32.2 Å². The van der Waals surface area contributed by atoms with E-state index in [-0.39, 0.29) is 5.76 Å². The lowest BCUT2D eigenvalue weighted by molar-refractivity contribution is 0.0665. The van der Waals surface area contributed by atoms with Crippen LogP contribution in [-0.4, -0.2) is 42.8 Å². The number of hydrogen-bond donors (Lipinski definition) is 1. The first-order valence-corrected chi connectivity index (χ1v) is 8.63. The molecule has 1 aromatic carbocycles. The number of rotatable bonds is 6. The summed E-state index contributed by atoms with van der Waals surface area (Å²) < 4.78 is 10.6. The molecule has 130 valence electrons. The number of carboxylic acid groups (broad SMARTS) is 1. The molecular formula is C19H25NO4. The minimum atomic E-state index is -1.03. The van der Waals surface area contributed by atoms with Gasteiger partial charge in [-0.1, -0.05) is 12.5 Å². The van der Waals surface area contributed by atoms with Crippen molar-refractivity contribution in [1.29, 1.82) is 0 Å². The summed E-state index contributed by atoms with van der Waals surface area (Å²) in [5.41, 5.74) is 1.83. The van der Waals surface area contributed by atoms with Crippen LogP contribution in [0.2, 0.25) is 0 Å². The van der Waals surface area contributed by atoms with Crippen LogP contribution in [0, 0.1) is 5.92 Å². The van der Waals surface area contributed by atoms with E-state index in [9.17, 15) is 4.79 Å². The molecule has 1 fully saturated rings. The van der Waals surface area contributed by atoms with Crippen LogP contribution in [0.15, 0.2) is 28.7 Å². The van der Waals surface area contributed by atoms with Gasteiger partial charge in [-0.25, -0.2) is 4.79 Å². The Labute approximate surface area is 142 Å². The number of benzene rings is 1. The second-order valence-corrected chi connectivity index (χ2v) is 6.67. The summed E-state index contributed by atoms with van der Waals surface area (Å²) in [6, 6.07) is 7.55. The zero-order chi connectivity index (χ0) is 16.9. The molecule has 1 N–H and O–H groups in total. The summed E-state index contributed by atoms with van der Waals surface area (Å²) in [7, 11) is 1.76. The van der Waals surface area contributed by atoms with E-state index in [1.165, 1.54) is 24.8 Å². The highest BCUT2D eigenvalue weighted by atomic mass is 16.5. The van der Waals surface area contributed by atoms with E-state index in [0.29, 0.717) is 11.5 Å². The summed E-state index contributed by atoms with van der Waals surface area (Å²) in [5, 5.41) is 9.89. The van der Waals surface area contributed by atoms with Crippen molar-refractivity contribution in [2.75, 3.05) is 26.8 Å². The fourth-order valence-corrected chi connectivity index (χ4v) is 3.53. The average Bonchev–Trinajstić information content (AvgIpc) is 2.87. The summed E-state index contributed by atoms with van der Waals surface area (Å²) in [6.45, 7) is 3.95. The summed E-state index contributed by atoms with van der Waals surface area (Å²) in [5.74, 6) is -0.332. The first kappa shape index (κ1) is 17.0. The van der Waals surface area contributed by atoms with Gasteiger partial charge in [0.15, 0.2) is 0 Å². The Balaban J connectivity index is 1.69. The van der Waals surface area contributed by atoms with E-state index >= 15 is 0 Å². The number of nitrogens with zero attached hydrogens (tertiary/aromatic N) is 1. The van der Waals surface area contributed by atoms with Crippen molar-refractivity contribution in [2.24, 2.45) is 5.92 Å². The molecule has 0 spiro atoms. The standard InChI is InChI=1S/C19H25NO4/c1-23-9-7-14-4-2-3-8-20(12-14)13-15-5-6-17-16(10-15)11-18(24-17)19(21)22/h5-6,10-11,14H,2-4,7-9,12-13H2,1H3,(H,21,22). The molecule has 0 aliphatic carbocycles. The molecule has 3 rings (SSSR count). The lowest BCUT2D eigenvalue weighted by Gasteiger charge is -2.24. The highest BCUT2D eigenvalue weighted by Gasteiger charge is 2.18. The van der Waals surface area contributed by atoms with Gasteiger partial charge in [-0.15, -0.1) is 0 Å². The van der Waals surface area contributed by atoms with Crippen LogP contribution < -0.4 is 0 Å². The number of ether oxygens (including phenoxy) is 1. The van der Waals surface area contributed by atoms with Gasteiger partial charge in [-0.05, 0) is 55.5 Å². The third-order valence-corrected chi connectivity index (χ3v) is 4.78. The largest absolute Gasteiger partial charge is 0.475 e. The molecule has 0 saturated carbocycles. The Hall–Kier alpha value is -1.85. The molecule has 2 heterocycles. The predicted octanol–water partition coefficient (Wildman–Crippen LogP) is 3.77. The van der Waals surface area contributed by atoms with Crippen LogP contribution in [0.1, 0.15) is 41.8 Å². The zero-order valence-electron chi connectivity index (χ0n) is 14.2. The van der Waals surface area contributed by atoms with Gasteiger partial charge in [-0.2, -0.15) is 0 Å². The highest BCUT2D eigenvalue weighted by molar-refractivity contribution is 5.91. The van der Waals surface area contributed by atoms with E-state index in [1.807, 2.05) is 18.2 Å². The quantitative estimate of drug-likeness (QED) is 0.873. The highest BCUT2D eigenvalue weighted by Crippen LogP contribution is 2.24. The van der Waals surface area contributed by atoms with Crippen molar-refractivity contribution < 1.29 is 19.1 Å². The van der Waals surface area contributed by atoms with Gasteiger partial charge < -0.3 is 14.3 Å². The molecule has 1 unspecified atom stereocenters. The van der Waals surface area contributed by atoms with Gasteiger partial charge in [0.2, 0.25) is 5.76 Å². The third-order valence-electron chi connectivity index (χ3n) is 4.78. The molecule has 5 heteroatoms. The number of carbonyl (C=O) groups is 1. The minimum absolute atomic E-state index is 0.00319. The molecule has 0 bridgehead atoms. The van der Waals surface area contributed by atoms with E-state index in [0.717, 1.165) is 38.0 Å². The van der Waals surface area contributed by atoms with E-state index in [4.69, 9.17) is 14.3 Å². The fraction of sp³-hybridized carbons (Fsp3) is 0.526. The number of aromatic carboxylic acids is 1. The van der Waals surface area contributed by atoms with Gasteiger partial charge >= 0.3 is 5.97 Å². The van der Waals surface area contributed by atoms with Crippen LogP contribution in [0.4, 0.5) is 0 Å². The second-order valence-electron chi connectivity index (χ2n) is 6.67.